The van der Waals surface area contributed by atoms with Crippen LogP contribution in [0.15, 0.2) is 72.8 Å². The lowest BCUT2D eigenvalue weighted by molar-refractivity contribution is 0.102. The van der Waals surface area contributed by atoms with Gasteiger partial charge in [0.1, 0.15) is 5.82 Å². The molecule has 4 rings (SSSR count). The van der Waals surface area contributed by atoms with E-state index in [0.717, 1.165) is 18.4 Å². The molecule has 0 radical (unpaired) electrons. The molecule has 0 aromatic heterocycles. The van der Waals surface area contributed by atoms with Crippen molar-refractivity contribution in [1.29, 1.82) is 0 Å². The third-order valence-corrected chi connectivity index (χ3v) is 5.80. The third kappa shape index (κ3) is 5.26. The Bertz CT molecular complexity index is 1120. The molecule has 3 amide bonds. The van der Waals surface area contributed by atoms with Crippen molar-refractivity contribution in [1.82, 2.24) is 4.90 Å². The van der Waals surface area contributed by atoms with Gasteiger partial charge in [-0.3, -0.25) is 4.79 Å². The molecule has 1 unspecified atom stereocenters. The highest BCUT2D eigenvalue weighted by Gasteiger charge is 2.25. The topological polar surface area (TPSA) is 61.4 Å². The Balaban J connectivity index is 1.43. The number of rotatable bonds is 4. The first-order valence-electron chi connectivity index (χ1n) is 10.5. The Labute approximate surface area is 191 Å². The predicted octanol–water partition coefficient (Wildman–Crippen LogP) is 6.14. The van der Waals surface area contributed by atoms with Crippen LogP contribution in [0.2, 0.25) is 5.02 Å². The lowest BCUT2D eigenvalue weighted by Gasteiger charge is -2.33. The average Bonchev–Trinajstić information content (AvgIpc) is 2.82. The van der Waals surface area contributed by atoms with Crippen molar-refractivity contribution in [2.45, 2.75) is 18.8 Å². The number of carbonyl (C=O) groups is 2. The molecular formula is C25H23ClFN3O2. The van der Waals surface area contributed by atoms with Crippen molar-refractivity contribution >= 4 is 34.9 Å². The number of hydrogen-bond donors (Lipinski definition) is 2. The summed E-state index contributed by atoms with van der Waals surface area (Å²) in [6.45, 7) is 1.22. The van der Waals surface area contributed by atoms with Crippen molar-refractivity contribution in [2.75, 3.05) is 23.7 Å². The fourth-order valence-electron chi connectivity index (χ4n) is 3.86. The van der Waals surface area contributed by atoms with Crippen LogP contribution in [0, 0.1) is 5.82 Å². The number of carbonyl (C=O) groups excluding carboxylic acids is 2. The zero-order chi connectivity index (χ0) is 22.5. The Morgan fingerprint density at radius 3 is 2.53 bits per heavy atom. The minimum Gasteiger partial charge on any atom is -0.324 e. The van der Waals surface area contributed by atoms with Gasteiger partial charge in [-0.15, -0.1) is 0 Å². The molecule has 0 spiro atoms. The second-order valence-corrected chi connectivity index (χ2v) is 8.22. The molecule has 32 heavy (non-hydrogen) atoms. The van der Waals surface area contributed by atoms with Crippen molar-refractivity contribution < 1.29 is 14.0 Å². The summed E-state index contributed by atoms with van der Waals surface area (Å²) >= 11 is 5.90. The SMILES string of the molecule is O=C(Nc1ccccc1F)c1cccc(C2CCCN(C(=O)Nc3ccc(Cl)cc3)C2)c1. The van der Waals surface area contributed by atoms with E-state index >= 15 is 0 Å². The molecule has 5 nitrogen and oxygen atoms in total. The van der Waals surface area contributed by atoms with Crippen LogP contribution in [0.3, 0.4) is 0 Å². The zero-order valence-electron chi connectivity index (χ0n) is 17.4. The highest BCUT2D eigenvalue weighted by Crippen LogP contribution is 2.28. The molecule has 1 fully saturated rings. The first-order valence-corrected chi connectivity index (χ1v) is 10.8. The summed E-state index contributed by atoms with van der Waals surface area (Å²) in [5.74, 6) is -0.738. The first-order chi connectivity index (χ1) is 15.5. The molecule has 2 N–H and O–H groups in total. The lowest BCUT2D eigenvalue weighted by Crippen LogP contribution is -2.41. The average molecular weight is 452 g/mol. The number of anilines is 2. The van der Waals surface area contributed by atoms with Crippen molar-refractivity contribution in [3.8, 4) is 0 Å². The fourth-order valence-corrected chi connectivity index (χ4v) is 3.99. The van der Waals surface area contributed by atoms with Crippen molar-refractivity contribution in [3.63, 3.8) is 0 Å². The van der Waals surface area contributed by atoms with E-state index in [9.17, 15) is 14.0 Å². The number of amides is 3. The van der Waals surface area contributed by atoms with Gasteiger partial charge in [-0.05, 0) is 66.9 Å². The van der Waals surface area contributed by atoms with E-state index < -0.39 is 5.82 Å². The summed E-state index contributed by atoms with van der Waals surface area (Å²) < 4.78 is 13.9. The normalized spacial score (nSPS) is 15.8. The van der Waals surface area contributed by atoms with Crippen LogP contribution in [-0.4, -0.2) is 29.9 Å². The van der Waals surface area contributed by atoms with Crippen LogP contribution in [0.4, 0.5) is 20.6 Å². The maximum atomic E-state index is 13.9. The molecular weight excluding hydrogens is 429 g/mol. The Morgan fingerprint density at radius 1 is 0.969 bits per heavy atom. The molecule has 1 saturated heterocycles. The van der Waals surface area contributed by atoms with E-state index in [2.05, 4.69) is 10.6 Å². The summed E-state index contributed by atoms with van der Waals surface area (Å²) in [6.07, 6.45) is 1.79. The van der Waals surface area contributed by atoms with E-state index in [1.165, 1.54) is 12.1 Å². The van der Waals surface area contributed by atoms with Gasteiger partial charge in [0.2, 0.25) is 0 Å². The van der Waals surface area contributed by atoms with Crippen LogP contribution < -0.4 is 10.6 Å². The largest absolute Gasteiger partial charge is 0.324 e. The van der Waals surface area contributed by atoms with Crippen LogP contribution in [0.1, 0.15) is 34.7 Å². The number of halogens is 2. The number of nitrogens with one attached hydrogen (secondary N) is 2. The minimum absolute atomic E-state index is 0.112. The maximum absolute atomic E-state index is 13.9. The molecule has 0 aliphatic carbocycles. The second kappa shape index (κ2) is 9.83. The number of piperidine rings is 1. The minimum atomic E-state index is -0.480. The van der Waals surface area contributed by atoms with Gasteiger partial charge in [0, 0.05) is 35.3 Å². The van der Waals surface area contributed by atoms with Crippen molar-refractivity contribution in [2.24, 2.45) is 0 Å². The van der Waals surface area contributed by atoms with Gasteiger partial charge in [0.25, 0.3) is 5.91 Å². The Hall–Kier alpha value is -3.38. The standard InChI is InChI=1S/C25H23ClFN3O2/c26-20-10-12-21(13-11-20)28-25(32)30-14-4-7-19(16-30)17-5-3-6-18(15-17)24(31)29-23-9-2-1-8-22(23)27/h1-3,5-6,8-13,15,19H,4,7,14,16H2,(H,28,32)(H,29,31). The number of nitrogens with zero attached hydrogens (tertiary/aromatic N) is 1. The highest BCUT2D eigenvalue weighted by molar-refractivity contribution is 6.30. The lowest BCUT2D eigenvalue weighted by atomic mass is 9.89. The highest BCUT2D eigenvalue weighted by atomic mass is 35.5. The van der Waals surface area contributed by atoms with Gasteiger partial charge in [-0.2, -0.15) is 0 Å². The maximum Gasteiger partial charge on any atom is 0.321 e. The Kier molecular flexibility index (Phi) is 6.71. The van der Waals surface area contributed by atoms with Gasteiger partial charge in [0.05, 0.1) is 5.69 Å². The van der Waals surface area contributed by atoms with Crippen LogP contribution in [-0.2, 0) is 0 Å². The molecule has 164 valence electrons. The predicted molar refractivity (Wildman–Crippen MR) is 125 cm³/mol. The molecule has 1 atom stereocenters. The van der Waals surface area contributed by atoms with Crippen molar-refractivity contribution in [3.05, 3.63) is 94.8 Å². The number of likely N-dealkylation sites (tertiary alicyclic amines) is 1. The summed E-state index contributed by atoms with van der Waals surface area (Å²) in [7, 11) is 0. The summed E-state index contributed by atoms with van der Waals surface area (Å²) in [5.41, 5.74) is 2.27. The molecule has 1 heterocycles. The summed E-state index contributed by atoms with van der Waals surface area (Å²) in [5, 5.41) is 6.13. The Morgan fingerprint density at radius 2 is 1.75 bits per heavy atom. The molecule has 0 bridgehead atoms. The van der Waals surface area contributed by atoms with E-state index in [4.69, 9.17) is 11.6 Å². The van der Waals surface area contributed by atoms with Crippen LogP contribution in [0.25, 0.3) is 0 Å². The van der Waals surface area contributed by atoms with Gasteiger partial charge in [0.15, 0.2) is 0 Å². The van der Waals surface area contributed by atoms with Gasteiger partial charge in [-0.1, -0.05) is 35.9 Å². The first kappa shape index (κ1) is 21.8. The molecule has 0 saturated carbocycles. The smallest absolute Gasteiger partial charge is 0.321 e. The molecule has 7 heteroatoms. The van der Waals surface area contributed by atoms with Crippen LogP contribution in [0.5, 0.6) is 0 Å². The van der Waals surface area contributed by atoms with Gasteiger partial charge >= 0.3 is 6.03 Å². The molecule has 3 aromatic carbocycles. The third-order valence-electron chi connectivity index (χ3n) is 5.55. The van der Waals surface area contributed by atoms with Crippen LogP contribution >= 0.6 is 11.6 Å². The second-order valence-electron chi connectivity index (χ2n) is 7.78. The van der Waals surface area contributed by atoms with Gasteiger partial charge in [-0.25, -0.2) is 9.18 Å². The van der Waals surface area contributed by atoms with E-state index in [1.54, 1.807) is 47.4 Å². The molecule has 3 aromatic rings. The quantitative estimate of drug-likeness (QED) is 0.500. The van der Waals surface area contributed by atoms with E-state index in [1.807, 2.05) is 18.2 Å². The number of para-hydroxylation sites is 1. The summed E-state index contributed by atoms with van der Waals surface area (Å²) in [6, 6.07) is 20.2. The van der Waals surface area contributed by atoms with Gasteiger partial charge < -0.3 is 15.5 Å². The number of urea groups is 1. The summed E-state index contributed by atoms with van der Waals surface area (Å²) in [4.78, 5) is 27.1. The number of hydrogen-bond acceptors (Lipinski definition) is 2. The van der Waals surface area contributed by atoms with E-state index in [0.29, 0.717) is 29.4 Å². The zero-order valence-corrected chi connectivity index (χ0v) is 18.1. The fraction of sp³-hybridized carbons (Fsp3) is 0.200. The molecule has 1 aliphatic rings. The van der Waals surface area contributed by atoms with E-state index in [-0.39, 0.29) is 23.5 Å². The monoisotopic (exact) mass is 451 g/mol. The number of benzene rings is 3. The molecule has 1 aliphatic heterocycles.